The molecule has 5 aromatic carbocycles. The second-order valence-electron chi connectivity index (χ2n) is 10.6. The van der Waals surface area contributed by atoms with Crippen molar-refractivity contribution in [1.29, 1.82) is 0 Å². The Morgan fingerprint density at radius 1 is 0.639 bits per heavy atom. The standard InChI is InChI=1S/C33H25N3/c1-33(2)25-17-16-20-10-4-5-11-21(20)31(25)24-19-30-23(18-26(24)33)22-12-6-8-14-28(22)36(30)32-34-27-13-7-9-15-29(27)35(32)3/h4-19H,1-3H3. The molecule has 0 saturated heterocycles. The van der Waals surface area contributed by atoms with Gasteiger partial charge in [0.25, 0.3) is 0 Å². The van der Waals surface area contributed by atoms with E-state index in [-0.39, 0.29) is 5.41 Å². The monoisotopic (exact) mass is 463 g/mol. The van der Waals surface area contributed by atoms with Crippen molar-refractivity contribution >= 4 is 43.6 Å². The summed E-state index contributed by atoms with van der Waals surface area (Å²) in [6.45, 7) is 4.73. The number of aryl methyl sites for hydroxylation is 1. The highest BCUT2D eigenvalue weighted by Crippen LogP contribution is 2.53. The van der Waals surface area contributed by atoms with Crippen LogP contribution in [0.3, 0.4) is 0 Å². The van der Waals surface area contributed by atoms with Crippen LogP contribution in [0.25, 0.3) is 60.7 Å². The molecule has 0 spiro atoms. The number of para-hydroxylation sites is 3. The molecule has 2 heterocycles. The Hall–Kier alpha value is -4.37. The molecule has 0 unspecified atom stereocenters. The molecule has 36 heavy (non-hydrogen) atoms. The second-order valence-corrected chi connectivity index (χ2v) is 10.6. The highest BCUT2D eigenvalue weighted by atomic mass is 15.2. The molecule has 0 atom stereocenters. The van der Waals surface area contributed by atoms with Crippen LogP contribution in [0.1, 0.15) is 25.0 Å². The van der Waals surface area contributed by atoms with Crippen LogP contribution in [0, 0.1) is 0 Å². The number of hydrogen-bond donors (Lipinski definition) is 0. The molecule has 0 radical (unpaired) electrons. The van der Waals surface area contributed by atoms with Gasteiger partial charge in [-0.15, -0.1) is 0 Å². The zero-order valence-electron chi connectivity index (χ0n) is 20.6. The average Bonchev–Trinajstić information content (AvgIpc) is 3.48. The van der Waals surface area contributed by atoms with Crippen molar-refractivity contribution in [2.24, 2.45) is 7.05 Å². The second kappa shape index (κ2) is 6.64. The Morgan fingerprint density at radius 2 is 1.36 bits per heavy atom. The molecule has 3 nitrogen and oxygen atoms in total. The van der Waals surface area contributed by atoms with Crippen molar-refractivity contribution in [3.8, 4) is 17.1 Å². The van der Waals surface area contributed by atoms with Gasteiger partial charge >= 0.3 is 0 Å². The van der Waals surface area contributed by atoms with Gasteiger partial charge in [0, 0.05) is 23.2 Å². The molecule has 0 saturated carbocycles. The fourth-order valence-electron chi connectivity index (χ4n) is 6.51. The summed E-state index contributed by atoms with van der Waals surface area (Å²) in [6.07, 6.45) is 0. The molecule has 3 heteroatoms. The molecule has 0 N–H and O–H groups in total. The largest absolute Gasteiger partial charge is 0.313 e. The van der Waals surface area contributed by atoms with Gasteiger partial charge < -0.3 is 4.57 Å². The Morgan fingerprint density at radius 3 is 2.19 bits per heavy atom. The minimum atomic E-state index is -0.0655. The number of fused-ring (bicyclic) bond motifs is 9. The molecular formula is C33H25N3. The van der Waals surface area contributed by atoms with Gasteiger partial charge in [0.15, 0.2) is 0 Å². The summed E-state index contributed by atoms with van der Waals surface area (Å²) in [5.41, 5.74) is 9.98. The fraction of sp³-hybridized carbons (Fsp3) is 0.121. The number of benzene rings is 5. The van der Waals surface area contributed by atoms with Crippen LogP contribution in [0.4, 0.5) is 0 Å². The number of imidazole rings is 1. The minimum absolute atomic E-state index is 0.0655. The third-order valence-corrected chi connectivity index (χ3v) is 8.32. The maximum absolute atomic E-state index is 5.10. The average molecular weight is 464 g/mol. The third kappa shape index (κ3) is 2.35. The lowest BCUT2D eigenvalue weighted by Crippen LogP contribution is -2.14. The molecule has 0 bridgehead atoms. The smallest absolute Gasteiger partial charge is 0.215 e. The summed E-state index contributed by atoms with van der Waals surface area (Å²) < 4.78 is 4.56. The molecule has 2 aromatic heterocycles. The van der Waals surface area contributed by atoms with Gasteiger partial charge in [-0.1, -0.05) is 80.6 Å². The predicted molar refractivity (Wildman–Crippen MR) is 150 cm³/mol. The molecule has 0 fully saturated rings. The molecule has 0 amide bonds. The van der Waals surface area contributed by atoms with Crippen LogP contribution in [0.2, 0.25) is 0 Å². The predicted octanol–water partition coefficient (Wildman–Crippen LogP) is 8.13. The van der Waals surface area contributed by atoms with Gasteiger partial charge in [-0.3, -0.25) is 4.57 Å². The van der Waals surface area contributed by atoms with Crippen molar-refractivity contribution in [1.82, 2.24) is 14.1 Å². The van der Waals surface area contributed by atoms with Crippen molar-refractivity contribution in [2.45, 2.75) is 19.3 Å². The van der Waals surface area contributed by atoms with Gasteiger partial charge in [-0.25, -0.2) is 4.98 Å². The normalized spacial score (nSPS) is 14.2. The van der Waals surface area contributed by atoms with Gasteiger partial charge in [-0.2, -0.15) is 0 Å². The maximum Gasteiger partial charge on any atom is 0.215 e. The number of aromatic nitrogens is 3. The lowest BCUT2D eigenvalue weighted by atomic mass is 9.81. The van der Waals surface area contributed by atoms with E-state index in [1.165, 1.54) is 54.8 Å². The van der Waals surface area contributed by atoms with E-state index >= 15 is 0 Å². The first kappa shape index (κ1) is 19.9. The zero-order valence-corrected chi connectivity index (χ0v) is 20.6. The third-order valence-electron chi connectivity index (χ3n) is 8.32. The molecule has 8 rings (SSSR count). The Kier molecular flexibility index (Phi) is 3.67. The molecule has 0 aliphatic heterocycles. The summed E-state index contributed by atoms with van der Waals surface area (Å²) in [4.78, 5) is 5.10. The zero-order chi connectivity index (χ0) is 24.2. The fourth-order valence-corrected chi connectivity index (χ4v) is 6.51. The van der Waals surface area contributed by atoms with Gasteiger partial charge in [0.2, 0.25) is 5.95 Å². The molecule has 1 aliphatic rings. The van der Waals surface area contributed by atoms with Crippen molar-refractivity contribution < 1.29 is 0 Å². The SMILES string of the molecule is Cn1c(-n2c3ccccc3c3cc4c(cc32)-c2c(ccc3ccccc23)C4(C)C)nc2ccccc21. The van der Waals surface area contributed by atoms with E-state index in [1.54, 1.807) is 0 Å². The number of hydrogen-bond acceptors (Lipinski definition) is 1. The maximum atomic E-state index is 5.10. The Balaban J connectivity index is 1.55. The lowest BCUT2D eigenvalue weighted by molar-refractivity contribution is 0.661. The topological polar surface area (TPSA) is 22.8 Å². The van der Waals surface area contributed by atoms with Crippen LogP contribution in [0.5, 0.6) is 0 Å². The number of nitrogens with zero attached hydrogens (tertiary/aromatic N) is 3. The van der Waals surface area contributed by atoms with Gasteiger partial charge in [0.1, 0.15) is 0 Å². The van der Waals surface area contributed by atoms with Crippen LogP contribution in [-0.4, -0.2) is 14.1 Å². The highest BCUT2D eigenvalue weighted by molar-refractivity contribution is 6.13. The van der Waals surface area contributed by atoms with E-state index in [4.69, 9.17) is 4.98 Å². The summed E-state index contributed by atoms with van der Waals surface area (Å²) in [7, 11) is 2.12. The van der Waals surface area contributed by atoms with Crippen LogP contribution in [-0.2, 0) is 12.5 Å². The van der Waals surface area contributed by atoms with Crippen molar-refractivity contribution in [2.75, 3.05) is 0 Å². The van der Waals surface area contributed by atoms with E-state index in [1.807, 2.05) is 0 Å². The van der Waals surface area contributed by atoms with Crippen LogP contribution in [0.15, 0.2) is 97.1 Å². The quantitative estimate of drug-likeness (QED) is 0.241. The van der Waals surface area contributed by atoms with Crippen molar-refractivity contribution in [3.05, 3.63) is 108 Å². The molecule has 1 aliphatic carbocycles. The summed E-state index contributed by atoms with van der Waals surface area (Å²) in [5.74, 6) is 0.942. The summed E-state index contributed by atoms with van der Waals surface area (Å²) >= 11 is 0. The first-order valence-corrected chi connectivity index (χ1v) is 12.6. The highest BCUT2D eigenvalue weighted by Gasteiger charge is 2.37. The number of rotatable bonds is 1. The molecule has 7 aromatic rings. The van der Waals surface area contributed by atoms with E-state index < -0.39 is 0 Å². The van der Waals surface area contributed by atoms with Crippen LogP contribution < -0.4 is 0 Å². The lowest BCUT2D eigenvalue weighted by Gasteiger charge is -2.21. The Bertz CT molecular complexity index is 2030. The van der Waals surface area contributed by atoms with Gasteiger partial charge in [0.05, 0.1) is 22.1 Å². The summed E-state index contributed by atoms with van der Waals surface area (Å²) in [5, 5.41) is 5.16. The van der Waals surface area contributed by atoms with Gasteiger partial charge in [-0.05, 0) is 63.4 Å². The molecular weight excluding hydrogens is 438 g/mol. The van der Waals surface area contributed by atoms with Crippen molar-refractivity contribution in [3.63, 3.8) is 0 Å². The minimum Gasteiger partial charge on any atom is -0.313 e. The van der Waals surface area contributed by atoms with E-state index in [9.17, 15) is 0 Å². The van der Waals surface area contributed by atoms with E-state index in [0.717, 1.165) is 17.0 Å². The first-order valence-electron chi connectivity index (χ1n) is 12.6. The first-order chi connectivity index (χ1) is 17.5. The molecule has 172 valence electrons. The summed E-state index contributed by atoms with van der Waals surface area (Å²) in [6, 6.07) is 35.3. The van der Waals surface area contributed by atoms with Crippen LogP contribution >= 0.6 is 0 Å². The Labute approximate surface area is 209 Å². The van der Waals surface area contributed by atoms with E-state index in [2.05, 4.69) is 127 Å². The van der Waals surface area contributed by atoms with E-state index in [0.29, 0.717) is 0 Å².